The molecule has 4 atom stereocenters. The highest BCUT2D eigenvalue weighted by Crippen LogP contribution is 2.76. The van der Waals surface area contributed by atoms with Crippen LogP contribution in [0.2, 0.25) is 0 Å². The minimum absolute atomic E-state index is 0.166. The summed E-state index contributed by atoms with van der Waals surface area (Å²) in [4.78, 5) is 28.9. The van der Waals surface area contributed by atoms with Gasteiger partial charge in [0.05, 0.1) is 24.9 Å². The second-order valence-corrected chi connectivity index (χ2v) is 11.1. The van der Waals surface area contributed by atoms with Crippen LogP contribution in [0.4, 0.5) is 0 Å². The second kappa shape index (κ2) is 7.41. The summed E-state index contributed by atoms with van der Waals surface area (Å²) < 4.78 is 10.2. The largest absolute Gasteiger partial charge is 0.497 e. The zero-order valence-corrected chi connectivity index (χ0v) is 19.6. The molecule has 3 aliphatic rings. The Morgan fingerprint density at radius 1 is 0.969 bits per heavy atom. The van der Waals surface area contributed by atoms with Crippen LogP contribution in [0.25, 0.3) is 0 Å². The first-order valence-corrected chi connectivity index (χ1v) is 12.0. The Kier molecular flexibility index (Phi) is 5.01. The van der Waals surface area contributed by atoms with Crippen LogP contribution in [0.1, 0.15) is 15.7 Å². The molecule has 3 aliphatic heterocycles. The average molecular weight is 473 g/mol. The lowest BCUT2D eigenvalue weighted by molar-refractivity contribution is -0.237. The number of carbonyl (C=O) groups excluding carboxylic acids is 2. The number of aliphatic hydroxyl groups excluding tert-OH is 1. The summed E-state index contributed by atoms with van der Waals surface area (Å²) in [6.45, 7) is -0.214. The topological polar surface area (TPSA) is 79.3 Å². The molecule has 7 nitrogen and oxygen atoms in total. The summed E-state index contributed by atoms with van der Waals surface area (Å²) in [5.74, 6) is 0.173. The van der Waals surface area contributed by atoms with Gasteiger partial charge in [-0.1, -0.05) is 42.5 Å². The van der Waals surface area contributed by atoms with Crippen molar-refractivity contribution in [2.24, 2.45) is 0 Å². The van der Waals surface area contributed by atoms with E-state index in [2.05, 4.69) is 0 Å². The van der Waals surface area contributed by atoms with Crippen molar-refractivity contribution < 1.29 is 24.2 Å². The van der Waals surface area contributed by atoms with Gasteiger partial charge in [-0.3, -0.25) is 9.59 Å². The molecule has 168 valence electrons. The number of hydrogen-bond acceptors (Lipinski definition) is 7. The van der Waals surface area contributed by atoms with Crippen LogP contribution in [0, 0.1) is 0 Å². The lowest BCUT2D eigenvalue weighted by Crippen LogP contribution is -2.85. The maximum Gasteiger partial charge on any atom is 0.280 e. The Bertz CT molecular complexity index is 1070. The highest BCUT2D eigenvalue weighted by molar-refractivity contribution is 8.21. The average Bonchev–Trinajstić information content (AvgIpc) is 3.27. The van der Waals surface area contributed by atoms with Gasteiger partial charge in [0, 0.05) is 14.1 Å². The number of aliphatic hydroxyl groups is 1. The van der Waals surface area contributed by atoms with E-state index in [-0.39, 0.29) is 23.0 Å². The van der Waals surface area contributed by atoms with Crippen molar-refractivity contribution in [3.63, 3.8) is 0 Å². The lowest BCUT2D eigenvalue weighted by atomic mass is 9.83. The number of methoxy groups -OCH3 is 1. The molecule has 2 amide bonds. The predicted octanol–water partition coefficient (Wildman–Crippen LogP) is 2.46. The molecule has 0 radical (unpaired) electrons. The summed E-state index contributed by atoms with van der Waals surface area (Å²) in [6, 6.07) is 17.2. The first-order chi connectivity index (χ1) is 15.4. The maximum atomic E-state index is 13.6. The van der Waals surface area contributed by atoms with Gasteiger partial charge in [0.15, 0.2) is 9.62 Å². The summed E-state index contributed by atoms with van der Waals surface area (Å²) in [5.41, 5.74) is 0.415. The van der Waals surface area contributed by atoms with Crippen molar-refractivity contribution >= 4 is 35.3 Å². The number of nitrogens with zero attached hydrogens (tertiary/aromatic N) is 2. The quantitative estimate of drug-likeness (QED) is 0.647. The third kappa shape index (κ3) is 2.42. The zero-order valence-electron chi connectivity index (χ0n) is 18.0. The van der Waals surface area contributed by atoms with E-state index >= 15 is 0 Å². The molecule has 3 fully saturated rings. The Labute approximate surface area is 195 Å². The molecule has 0 bridgehead atoms. The molecule has 0 aromatic heterocycles. The highest BCUT2D eigenvalue weighted by atomic mass is 32.2. The number of rotatable bonds is 6. The molecular weight excluding hydrogens is 448 g/mol. The van der Waals surface area contributed by atoms with Crippen LogP contribution in [-0.4, -0.2) is 69.9 Å². The summed E-state index contributed by atoms with van der Waals surface area (Å²) in [6.07, 6.45) is 0. The lowest BCUT2D eigenvalue weighted by Gasteiger charge is -2.60. The Hall–Kier alpha value is -2.20. The van der Waals surface area contributed by atoms with Gasteiger partial charge in [-0.05, 0) is 23.3 Å². The number of ether oxygens (including phenoxy) is 2. The molecule has 2 aromatic carbocycles. The number of thioether (sulfide) groups is 2. The molecule has 9 heteroatoms. The Morgan fingerprint density at radius 3 is 2.28 bits per heavy atom. The summed E-state index contributed by atoms with van der Waals surface area (Å²) >= 11 is 2.90. The maximum absolute atomic E-state index is 13.6. The smallest absolute Gasteiger partial charge is 0.280 e. The van der Waals surface area contributed by atoms with Gasteiger partial charge < -0.3 is 24.4 Å². The van der Waals surface area contributed by atoms with Crippen molar-refractivity contribution in [3.8, 4) is 5.75 Å². The van der Waals surface area contributed by atoms with E-state index < -0.39 is 21.9 Å². The predicted molar refractivity (Wildman–Crippen MR) is 123 cm³/mol. The van der Waals surface area contributed by atoms with Crippen LogP contribution in [0.3, 0.4) is 0 Å². The molecule has 0 saturated carbocycles. The number of likely N-dealkylation sites (tertiary alicyclic amines) is 2. The van der Waals surface area contributed by atoms with E-state index in [4.69, 9.17) is 9.47 Å². The Balaban J connectivity index is 1.57. The fourth-order valence-electron chi connectivity index (χ4n) is 5.04. The van der Waals surface area contributed by atoms with Gasteiger partial charge in [0.1, 0.15) is 5.75 Å². The van der Waals surface area contributed by atoms with Gasteiger partial charge >= 0.3 is 0 Å². The molecule has 5 rings (SSSR count). The van der Waals surface area contributed by atoms with E-state index in [1.165, 1.54) is 28.4 Å². The molecule has 2 aromatic rings. The highest BCUT2D eigenvalue weighted by Gasteiger charge is 2.91. The molecule has 0 aliphatic carbocycles. The fourth-order valence-corrected chi connectivity index (χ4v) is 9.46. The van der Waals surface area contributed by atoms with Crippen molar-refractivity contribution in [1.82, 2.24) is 9.80 Å². The molecule has 1 N–H and O–H groups in total. The van der Waals surface area contributed by atoms with Crippen LogP contribution >= 0.6 is 23.5 Å². The summed E-state index contributed by atoms with van der Waals surface area (Å²) in [5, 5.41) is 10.6. The number of amides is 2. The molecular formula is C23H24N2O5S2. The molecule has 3 unspecified atom stereocenters. The number of carbonyl (C=O) groups is 2. The normalized spacial score (nSPS) is 33.2. The van der Waals surface area contributed by atoms with E-state index in [0.29, 0.717) is 0 Å². The van der Waals surface area contributed by atoms with Crippen LogP contribution in [0.15, 0.2) is 54.6 Å². The standard InChI is InChI=1S/C23H24N2O5S2/c1-24-19(27)21(14-26)23(32-18(31-21)16-9-11-17(29-3)12-10-16)22(24,20(28)25(23)2)30-13-15-7-5-4-6-8-15/h4-12,18,26H,13-14H2,1-3H3/t18?,21-,22?,23?/m0/s1. The van der Waals surface area contributed by atoms with Crippen LogP contribution < -0.4 is 4.74 Å². The SMILES string of the molecule is COc1ccc(C2SC34N(C)C(=O)C3(OCc3ccccc3)N(C)C(=O)[C@]4(CO)S2)cc1. The molecule has 1 spiro atoms. The van der Waals surface area contributed by atoms with Gasteiger partial charge in [0.25, 0.3) is 11.6 Å². The van der Waals surface area contributed by atoms with E-state index in [1.807, 2.05) is 54.6 Å². The minimum Gasteiger partial charge on any atom is -0.497 e. The number of benzene rings is 2. The number of hydrogen-bond donors (Lipinski definition) is 1. The molecule has 32 heavy (non-hydrogen) atoms. The number of likely N-dealkylation sites (N-methyl/N-ethyl adjacent to an activating group) is 2. The van der Waals surface area contributed by atoms with E-state index in [1.54, 1.807) is 26.1 Å². The van der Waals surface area contributed by atoms with Crippen molar-refractivity contribution in [2.45, 2.75) is 26.5 Å². The summed E-state index contributed by atoms with van der Waals surface area (Å²) in [7, 11) is 4.90. The van der Waals surface area contributed by atoms with Crippen LogP contribution in [-0.2, 0) is 20.9 Å². The van der Waals surface area contributed by atoms with Gasteiger partial charge in [0.2, 0.25) is 5.91 Å². The van der Waals surface area contributed by atoms with Crippen molar-refractivity contribution in [2.75, 3.05) is 27.8 Å². The van der Waals surface area contributed by atoms with Gasteiger partial charge in [-0.2, -0.15) is 0 Å². The third-order valence-electron chi connectivity index (χ3n) is 6.68. The van der Waals surface area contributed by atoms with E-state index in [0.717, 1.165) is 16.9 Å². The first kappa shape index (κ1) is 21.6. The monoisotopic (exact) mass is 472 g/mol. The molecule has 3 heterocycles. The second-order valence-electron chi connectivity index (χ2n) is 8.12. The van der Waals surface area contributed by atoms with Crippen molar-refractivity contribution in [1.29, 1.82) is 0 Å². The zero-order chi connectivity index (χ0) is 22.7. The molecule has 3 saturated heterocycles. The Morgan fingerprint density at radius 2 is 1.66 bits per heavy atom. The first-order valence-electron chi connectivity index (χ1n) is 10.2. The van der Waals surface area contributed by atoms with Crippen LogP contribution in [0.5, 0.6) is 5.75 Å². The van der Waals surface area contributed by atoms with Gasteiger partial charge in [-0.25, -0.2) is 0 Å². The minimum atomic E-state index is -1.48. The van der Waals surface area contributed by atoms with E-state index in [9.17, 15) is 14.7 Å². The van der Waals surface area contributed by atoms with Crippen molar-refractivity contribution in [3.05, 3.63) is 65.7 Å². The fraction of sp³-hybridized carbons (Fsp3) is 0.391. The number of β-lactam (4-membered cyclic amide) rings is 1. The van der Waals surface area contributed by atoms with Gasteiger partial charge in [-0.15, -0.1) is 23.5 Å². The third-order valence-corrected chi connectivity index (χ3v) is 10.6.